The molecule has 0 unspecified atom stereocenters. The molecule has 0 aliphatic heterocycles. The predicted octanol–water partition coefficient (Wildman–Crippen LogP) is 3.00. The van der Waals surface area contributed by atoms with Crippen LogP contribution in [0.4, 0.5) is 5.82 Å². The number of hydrogen-bond acceptors (Lipinski definition) is 3. The third-order valence-electron chi connectivity index (χ3n) is 2.36. The first-order valence-corrected chi connectivity index (χ1v) is 5.66. The van der Waals surface area contributed by atoms with Crippen LogP contribution in [-0.4, -0.2) is 16.0 Å². The van der Waals surface area contributed by atoms with E-state index in [9.17, 15) is 9.90 Å². The second-order valence-corrected chi connectivity index (χ2v) is 4.27. The Balaban J connectivity index is 2.19. The van der Waals surface area contributed by atoms with Crippen molar-refractivity contribution in [3.8, 4) is 5.75 Å². The number of amides is 1. The highest BCUT2D eigenvalue weighted by Gasteiger charge is 2.11. The molecule has 5 heteroatoms. The monoisotopic (exact) mass is 262 g/mol. The average molecular weight is 263 g/mol. The van der Waals surface area contributed by atoms with Gasteiger partial charge in [-0.2, -0.15) is 0 Å². The first kappa shape index (κ1) is 12.4. The maximum Gasteiger partial charge on any atom is 0.260 e. The van der Waals surface area contributed by atoms with E-state index in [-0.39, 0.29) is 11.3 Å². The van der Waals surface area contributed by atoms with Gasteiger partial charge in [0.2, 0.25) is 0 Å². The maximum atomic E-state index is 11.9. The normalized spacial score (nSPS) is 10.1. The largest absolute Gasteiger partial charge is 0.507 e. The molecule has 0 fully saturated rings. The Morgan fingerprint density at radius 2 is 2.11 bits per heavy atom. The number of benzene rings is 1. The van der Waals surface area contributed by atoms with Crippen molar-refractivity contribution in [2.45, 2.75) is 6.92 Å². The van der Waals surface area contributed by atoms with Crippen molar-refractivity contribution in [3.05, 3.63) is 52.7 Å². The Morgan fingerprint density at radius 1 is 1.33 bits per heavy atom. The molecule has 0 aliphatic carbocycles. The van der Waals surface area contributed by atoms with E-state index in [4.69, 9.17) is 11.6 Å². The highest BCUT2D eigenvalue weighted by molar-refractivity contribution is 6.30. The Kier molecular flexibility index (Phi) is 3.48. The molecule has 1 aromatic carbocycles. The van der Waals surface area contributed by atoms with Crippen molar-refractivity contribution in [1.82, 2.24) is 4.98 Å². The minimum absolute atomic E-state index is 0.154. The number of nitrogens with one attached hydrogen (secondary N) is 1. The zero-order valence-electron chi connectivity index (χ0n) is 9.64. The van der Waals surface area contributed by atoms with Crippen LogP contribution in [0.2, 0.25) is 5.02 Å². The van der Waals surface area contributed by atoms with Gasteiger partial charge >= 0.3 is 0 Å². The first-order chi connectivity index (χ1) is 8.56. The number of carbonyl (C=O) groups is 1. The van der Waals surface area contributed by atoms with E-state index in [2.05, 4.69) is 10.3 Å². The SMILES string of the molecule is Cc1ccc(NC(=O)c2ccc(Cl)cc2O)nc1. The summed E-state index contributed by atoms with van der Waals surface area (Å²) in [5.74, 6) is -0.160. The molecule has 0 bridgehead atoms. The summed E-state index contributed by atoms with van der Waals surface area (Å²) in [4.78, 5) is 15.9. The topological polar surface area (TPSA) is 62.2 Å². The fourth-order valence-electron chi connectivity index (χ4n) is 1.42. The van der Waals surface area contributed by atoms with Gasteiger partial charge in [0.25, 0.3) is 5.91 Å². The van der Waals surface area contributed by atoms with Crippen LogP contribution in [0, 0.1) is 6.92 Å². The van der Waals surface area contributed by atoms with E-state index in [1.165, 1.54) is 12.1 Å². The summed E-state index contributed by atoms with van der Waals surface area (Å²) in [5.41, 5.74) is 1.16. The molecular weight excluding hydrogens is 252 g/mol. The molecule has 18 heavy (non-hydrogen) atoms. The van der Waals surface area contributed by atoms with Crippen molar-refractivity contribution < 1.29 is 9.90 Å². The molecule has 92 valence electrons. The number of pyridine rings is 1. The van der Waals surface area contributed by atoms with Crippen molar-refractivity contribution in [2.24, 2.45) is 0 Å². The Morgan fingerprint density at radius 3 is 2.72 bits per heavy atom. The lowest BCUT2D eigenvalue weighted by Crippen LogP contribution is -2.13. The van der Waals surface area contributed by atoms with Gasteiger partial charge < -0.3 is 10.4 Å². The van der Waals surface area contributed by atoms with Gasteiger partial charge in [-0.25, -0.2) is 4.98 Å². The molecule has 1 amide bonds. The third kappa shape index (κ3) is 2.78. The summed E-state index contributed by atoms with van der Waals surface area (Å²) in [6.45, 7) is 1.91. The van der Waals surface area contributed by atoms with Gasteiger partial charge in [0.1, 0.15) is 11.6 Å². The molecule has 1 aromatic heterocycles. The first-order valence-electron chi connectivity index (χ1n) is 5.29. The molecule has 2 N–H and O–H groups in total. The van der Waals surface area contributed by atoms with Crippen molar-refractivity contribution in [2.75, 3.05) is 5.32 Å². The number of carbonyl (C=O) groups excluding carboxylic acids is 1. The molecule has 4 nitrogen and oxygen atoms in total. The number of halogens is 1. The van der Waals surface area contributed by atoms with Crippen LogP contribution < -0.4 is 5.32 Å². The molecule has 0 spiro atoms. The number of rotatable bonds is 2. The van der Waals surface area contributed by atoms with E-state index in [1.54, 1.807) is 18.3 Å². The number of aromatic hydroxyl groups is 1. The number of anilines is 1. The van der Waals surface area contributed by atoms with Crippen LogP contribution in [-0.2, 0) is 0 Å². The van der Waals surface area contributed by atoms with E-state index in [0.29, 0.717) is 10.8 Å². The van der Waals surface area contributed by atoms with Gasteiger partial charge in [-0.1, -0.05) is 17.7 Å². The van der Waals surface area contributed by atoms with Crippen LogP contribution in [0.3, 0.4) is 0 Å². The lowest BCUT2D eigenvalue weighted by molar-refractivity contribution is 0.102. The molecule has 0 aliphatic rings. The van der Waals surface area contributed by atoms with E-state index >= 15 is 0 Å². The molecule has 1 heterocycles. The van der Waals surface area contributed by atoms with Gasteiger partial charge in [-0.05, 0) is 36.8 Å². The van der Waals surface area contributed by atoms with Crippen LogP contribution >= 0.6 is 11.6 Å². The Hall–Kier alpha value is -2.07. The van der Waals surface area contributed by atoms with Crippen LogP contribution in [0.1, 0.15) is 15.9 Å². The smallest absolute Gasteiger partial charge is 0.260 e. The quantitative estimate of drug-likeness (QED) is 0.875. The van der Waals surface area contributed by atoms with Crippen LogP contribution in [0.5, 0.6) is 5.75 Å². The predicted molar refractivity (Wildman–Crippen MR) is 70.0 cm³/mol. The summed E-state index contributed by atoms with van der Waals surface area (Å²) in [5, 5.41) is 12.6. The minimum Gasteiger partial charge on any atom is -0.507 e. The lowest BCUT2D eigenvalue weighted by atomic mass is 10.2. The number of aryl methyl sites for hydroxylation is 1. The maximum absolute atomic E-state index is 11.9. The Bertz CT molecular complexity index is 582. The van der Waals surface area contributed by atoms with Crippen LogP contribution in [0.15, 0.2) is 36.5 Å². The van der Waals surface area contributed by atoms with Gasteiger partial charge in [0.05, 0.1) is 5.56 Å². The molecule has 0 radical (unpaired) electrons. The summed E-state index contributed by atoms with van der Waals surface area (Å²) >= 11 is 5.70. The van der Waals surface area contributed by atoms with Crippen molar-refractivity contribution in [3.63, 3.8) is 0 Å². The van der Waals surface area contributed by atoms with Crippen molar-refractivity contribution >= 4 is 23.3 Å². The van der Waals surface area contributed by atoms with Gasteiger partial charge in [-0.3, -0.25) is 4.79 Å². The number of hydrogen-bond donors (Lipinski definition) is 2. The molecule has 0 atom stereocenters. The minimum atomic E-state index is -0.430. The highest BCUT2D eigenvalue weighted by atomic mass is 35.5. The summed E-state index contributed by atoms with van der Waals surface area (Å²) in [7, 11) is 0. The number of nitrogens with zero attached hydrogens (tertiary/aromatic N) is 1. The second kappa shape index (κ2) is 5.06. The van der Waals surface area contributed by atoms with E-state index in [1.807, 2.05) is 13.0 Å². The van der Waals surface area contributed by atoms with Gasteiger partial charge in [0.15, 0.2) is 0 Å². The van der Waals surface area contributed by atoms with Crippen LogP contribution in [0.25, 0.3) is 0 Å². The molecular formula is C13H11ClN2O2. The second-order valence-electron chi connectivity index (χ2n) is 3.84. The molecule has 0 saturated heterocycles. The fourth-order valence-corrected chi connectivity index (χ4v) is 1.59. The molecule has 2 rings (SSSR count). The Labute approximate surface area is 109 Å². The zero-order chi connectivity index (χ0) is 13.1. The standard InChI is InChI=1S/C13H11ClN2O2/c1-8-2-5-12(15-7-8)16-13(18)10-4-3-9(14)6-11(10)17/h2-7,17H,1H3,(H,15,16,18). The zero-order valence-corrected chi connectivity index (χ0v) is 10.4. The number of phenols is 1. The number of phenolic OH excluding ortho intramolecular Hbond substituents is 1. The summed E-state index contributed by atoms with van der Waals surface area (Å²) < 4.78 is 0. The average Bonchev–Trinajstić information content (AvgIpc) is 2.32. The molecule has 0 saturated carbocycles. The van der Waals surface area contributed by atoms with E-state index in [0.717, 1.165) is 5.56 Å². The summed E-state index contributed by atoms with van der Waals surface area (Å²) in [6.07, 6.45) is 1.65. The van der Waals surface area contributed by atoms with Gasteiger partial charge in [-0.15, -0.1) is 0 Å². The summed E-state index contributed by atoms with van der Waals surface area (Å²) in [6, 6.07) is 7.85. The lowest BCUT2D eigenvalue weighted by Gasteiger charge is -2.06. The molecule has 2 aromatic rings. The highest BCUT2D eigenvalue weighted by Crippen LogP contribution is 2.22. The fraction of sp³-hybridized carbons (Fsp3) is 0.0769. The van der Waals surface area contributed by atoms with Gasteiger partial charge in [0, 0.05) is 11.2 Å². The van der Waals surface area contributed by atoms with E-state index < -0.39 is 5.91 Å². The van der Waals surface area contributed by atoms with Crippen molar-refractivity contribution in [1.29, 1.82) is 0 Å². The number of aromatic nitrogens is 1. The third-order valence-corrected chi connectivity index (χ3v) is 2.59.